The van der Waals surface area contributed by atoms with E-state index in [9.17, 15) is 4.79 Å². The lowest BCUT2D eigenvalue weighted by Crippen LogP contribution is -2.29. The zero-order valence-corrected chi connectivity index (χ0v) is 19.8. The molecule has 3 aromatic carbocycles. The molecule has 0 bridgehead atoms. The van der Waals surface area contributed by atoms with Crippen molar-refractivity contribution in [3.05, 3.63) is 83.7 Å². The molecule has 0 saturated heterocycles. The number of fused-ring (bicyclic) bond motifs is 2. The van der Waals surface area contributed by atoms with E-state index in [1.165, 1.54) is 11.8 Å². The van der Waals surface area contributed by atoms with Crippen LogP contribution in [0.25, 0.3) is 0 Å². The second-order valence-electron chi connectivity index (χ2n) is 7.57. The Kier molecular flexibility index (Phi) is 6.11. The van der Waals surface area contributed by atoms with Gasteiger partial charge in [0.25, 0.3) is 11.1 Å². The summed E-state index contributed by atoms with van der Waals surface area (Å²) < 4.78 is 11.5. The summed E-state index contributed by atoms with van der Waals surface area (Å²) in [4.78, 5) is 17.1. The predicted octanol–water partition coefficient (Wildman–Crippen LogP) is 6.19. The van der Waals surface area contributed by atoms with E-state index in [-0.39, 0.29) is 18.3 Å². The summed E-state index contributed by atoms with van der Waals surface area (Å²) in [6.07, 6.45) is 0. The number of aryl methyl sites for hydroxylation is 2. The van der Waals surface area contributed by atoms with Gasteiger partial charge in [-0.3, -0.25) is 9.69 Å². The minimum absolute atomic E-state index is 0.0495. The molecule has 1 amide bonds. The predicted molar refractivity (Wildman–Crippen MR) is 129 cm³/mol. The standard InChI is InChI=1S/C25H21N3O3S2/c1-16-11-12-17(2)20(13-16)30-14-23-26-27-25(31-23)32-15-24(29)28-18-7-3-5-9-21(18)33-22-10-6-4-8-19(22)28/h3-13H,14-15H2,1-2H3. The Hall–Kier alpha value is -3.23. The number of thioether (sulfide) groups is 1. The molecule has 8 heteroatoms. The zero-order chi connectivity index (χ0) is 22.8. The molecular weight excluding hydrogens is 454 g/mol. The molecule has 5 rings (SSSR count). The van der Waals surface area contributed by atoms with Crippen LogP contribution in [0.15, 0.2) is 86.2 Å². The molecule has 4 aromatic rings. The third-order valence-electron chi connectivity index (χ3n) is 5.14. The molecule has 0 fully saturated rings. The first-order valence-corrected chi connectivity index (χ1v) is 12.2. The van der Waals surface area contributed by atoms with Crippen LogP contribution in [-0.2, 0) is 11.4 Å². The lowest BCUT2D eigenvalue weighted by atomic mass is 10.1. The Labute approximate surface area is 200 Å². The Bertz CT molecular complexity index is 1280. The van der Waals surface area contributed by atoms with Gasteiger partial charge in [-0.05, 0) is 55.3 Å². The fraction of sp³-hybridized carbons (Fsp3) is 0.160. The summed E-state index contributed by atoms with van der Waals surface area (Å²) in [5.41, 5.74) is 3.94. The van der Waals surface area contributed by atoms with Gasteiger partial charge < -0.3 is 9.15 Å². The molecule has 0 atom stereocenters. The van der Waals surface area contributed by atoms with Crippen LogP contribution in [0.3, 0.4) is 0 Å². The van der Waals surface area contributed by atoms with Crippen molar-refractivity contribution in [3.63, 3.8) is 0 Å². The molecule has 0 saturated carbocycles. The van der Waals surface area contributed by atoms with E-state index in [4.69, 9.17) is 9.15 Å². The number of rotatable bonds is 6. The van der Waals surface area contributed by atoms with Crippen molar-refractivity contribution in [2.45, 2.75) is 35.5 Å². The van der Waals surface area contributed by atoms with Gasteiger partial charge >= 0.3 is 0 Å². The van der Waals surface area contributed by atoms with Crippen molar-refractivity contribution < 1.29 is 13.9 Å². The number of carbonyl (C=O) groups excluding carboxylic acids is 1. The third-order valence-corrected chi connectivity index (χ3v) is 7.08. The molecule has 2 heterocycles. The second-order valence-corrected chi connectivity index (χ2v) is 9.59. The van der Waals surface area contributed by atoms with Crippen molar-refractivity contribution in [2.75, 3.05) is 10.7 Å². The maximum absolute atomic E-state index is 13.3. The summed E-state index contributed by atoms with van der Waals surface area (Å²) in [5.74, 6) is 1.28. The van der Waals surface area contributed by atoms with Gasteiger partial charge in [-0.15, -0.1) is 10.2 Å². The van der Waals surface area contributed by atoms with Gasteiger partial charge in [-0.25, -0.2) is 0 Å². The van der Waals surface area contributed by atoms with E-state index in [0.29, 0.717) is 11.1 Å². The van der Waals surface area contributed by atoms with Crippen LogP contribution in [-0.4, -0.2) is 21.9 Å². The fourth-order valence-corrected chi connectivity index (χ4v) is 5.21. The highest BCUT2D eigenvalue weighted by molar-refractivity contribution is 8.00. The number of anilines is 2. The molecule has 6 nitrogen and oxygen atoms in total. The number of nitrogens with zero attached hydrogens (tertiary/aromatic N) is 3. The fourth-order valence-electron chi connectivity index (χ4n) is 3.52. The average Bonchev–Trinajstić information content (AvgIpc) is 3.29. The summed E-state index contributed by atoms with van der Waals surface area (Å²) >= 11 is 2.90. The zero-order valence-electron chi connectivity index (χ0n) is 18.1. The Morgan fingerprint density at radius 3 is 2.42 bits per heavy atom. The Morgan fingerprint density at radius 1 is 1.00 bits per heavy atom. The molecule has 0 N–H and O–H groups in total. The third kappa shape index (κ3) is 4.62. The van der Waals surface area contributed by atoms with Crippen LogP contribution < -0.4 is 9.64 Å². The van der Waals surface area contributed by atoms with Crippen molar-refractivity contribution in [2.24, 2.45) is 0 Å². The molecule has 1 aliphatic rings. The van der Waals surface area contributed by atoms with Crippen LogP contribution >= 0.6 is 23.5 Å². The number of ether oxygens (including phenoxy) is 1. The summed E-state index contributed by atoms with van der Waals surface area (Å²) in [7, 11) is 0. The van der Waals surface area contributed by atoms with Crippen molar-refractivity contribution >= 4 is 40.8 Å². The van der Waals surface area contributed by atoms with E-state index in [0.717, 1.165) is 38.0 Å². The topological polar surface area (TPSA) is 68.5 Å². The Balaban J connectivity index is 1.26. The first-order valence-electron chi connectivity index (χ1n) is 10.4. The molecule has 0 aliphatic carbocycles. The van der Waals surface area contributed by atoms with Gasteiger partial charge in [0.05, 0.1) is 17.1 Å². The van der Waals surface area contributed by atoms with Gasteiger partial charge in [0.2, 0.25) is 5.91 Å². The molecule has 166 valence electrons. The van der Waals surface area contributed by atoms with Crippen LogP contribution in [0.5, 0.6) is 5.75 Å². The van der Waals surface area contributed by atoms with Gasteiger partial charge in [-0.2, -0.15) is 0 Å². The van der Waals surface area contributed by atoms with Crippen LogP contribution in [0.2, 0.25) is 0 Å². The van der Waals surface area contributed by atoms with Gasteiger partial charge in [0.15, 0.2) is 6.61 Å². The molecule has 0 radical (unpaired) electrons. The second kappa shape index (κ2) is 9.33. The van der Waals surface area contributed by atoms with Crippen LogP contribution in [0.4, 0.5) is 11.4 Å². The first kappa shape index (κ1) is 21.6. The maximum atomic E-state index is 13.3. The smallest absolute Gasteiger partial charge is 0.277 e. The van der Waals surface area contributed by atoms with Crippen molar-refractivity contribution in [1.82, 2.24) is 10.2 Å². The normalized spacial score (nSPS) is 12.2. The summed E-state index contributed by atoms with van der Waals surface area (Å²) in [6.45, 7) is 4.18. The monoisotopic (exact) mass is 475 g/mol. The number of amides is 1. The lowest BCUT2D eigenvalue weighted by Gasteiger charge is -2.30. The largest absolute Gasteiger partial charge is 0.484 e. The van der Waals surface area contributed by atoms with E-state index in [2.05, 4.69) is 10.2 Å². The molecular formula is C25H21N3O3S2. The van der Waals surface area contributed by atoms with Crippen molar-refractivity contribution in [3.8, 4) is 5.75 Å². The first-order chi connectivity index (χ1) is 16.1. The highest BCUT2D eigenvalue weighted by Crippen LogP contribution is 2.48. The number of hydrogen-bond donors (Lipinski definition) is 0. The number of carbonyl (C=O) groups is 1. The molecule has 0 unspecified atom stereocenters. The number of para-hydroxylation sites is 2. The van der Waals surface area contributed by atoms with Crippen molar-refractivity contribution in [1.29, 1.82) is 0 Å². The van der Waals surface area contributed by atoms with E-state index >= 15 is 0 Å². The highest BCUT2D eigenvalue weighted by Gasteiger charge is 2.28. The number of aromatic nitrogens is 2. The van der Waals surface area contributed by atoms with Crippen LogP contribution in [0, 0.1) is 13.8 Å². The minimum atomic E-state index is -0.0495. The number of hydrogen-bond acceptors (Lipinski definition) is 7. The lowest BCUT2D eigenvalue weighted by molar-refractivity contribution is -0.115. The highest BCUT2D eigenvalue weighted by atomic mass is 32.2. The quantitative estimate of drug-likeness (QED) is 0.308. The van der Waals surface area contributed by atoms with Gasteiger partial charge in [-0.1, -0.05) is 59.9 Å². The maximum Gasteiger partial charge on any atom is 0.277 e. The molecule has 0 spiro atoms. The molecule has 1 aromatic heterocycles. The van der Waals surface area contributed by atoms with E-state index in [1.54, 1.807) is 16.7 Å². The van der Waals surface area contributed by atoms with Gasteiger partial charge in [0.1, 0.15) is 5.75 Å². The van der Waals surface area contributed by atoms with E-state index < -0.39 is 0 Å². The summed E-state index contributed by atoms with van der Waals surface area (Å²) in [6, 6.07) is 21.9. The Morgan fingerprint density at radius 2 is 1.70 bits per heavy atom. The van der Waals surface area contributed by atoms with Gasteiger partial charge in [0, 0.05) is 9.79 Å². The van der Waals surface area contributed by atoms with Crippen LogP contribution in [0.1, 0.15) is 17.0 Å². The average molecular weight is 476 g/mol. The van der Waals surface area contributed by atoms with E-state index in [1.807, 2.05) is 80.6 Å². The minimum Gasteiger partial charge on any atom is -0.484 e. The molecule has 33 heavy (non-hydrogen) atoms. The molecule has 1 aliphatic heterocycles. The SMILES string of the molecule is Cc1ccc(C)c(OCc2nnc(SCC(=O)N3c4ccccc4Sc4ccccc43)o2)c1. The summed E-state index contributed by atoms with van der Waals surface area (Å²) in [5, 5.41) is 8.46. The number of benzene rings is 3.